The normalized spacial score (nSPS) is 30.4. The predicted octanol–water partition coefficient (Wildman–Crippen LogP) is 4.06. The Morgan fingerprint density at radius 3 is 2.44 bits per heavy atom. The van der Waals surface area contributed by atoms with Gasteiger partial charge in [0.2, 0.25) is 3.79 Å². The molecule has 1 aromatic carbocycles. The largest absolute Gasteiger partial charge is 0.445 e. The zero-order valence-corrected chi connectivity index (χ0v) is 22.8. The number of benzene rings is 1. The van der Waals surface area contributed by atoms with Crippen molar-refractivity contribution in [2.24, 2.45) is 0 Å². The Labute approximate surface area is 215 Å². The van der Waals surface area contributed by atoms with Crippen LogP contribution in [-0.2, 0) is 18.9 Å². The summed E-state index contributed by atoms with van der Waals surface area (Å²) in [5.41, 5.74) is 0.802. The fraction of sp³-hybridized carbons (Fsp3) is 0.682. The molecule has 0 saturated carbocycles. The fourth-order valence-corrected chi connectivity index (χ4v) is 4.78. The number of nitrogens with one attached hydrogen (secondary N) is 1. The average Bonchev–Trinajstić information content (AvgIpc) is 2.74. The Morgan fingerprint density at radius 2 is 1.85 bits per heavy atom. The molecule has 2 heterocycles. The monoisotopic (exact) mass is 555 g/mol. The Morgan fingerprint density at radius 1 is 1.21 bits per heavy atom. The molecule has 2 aliphatic rings. The molecule has 6 atom stereocenters. The molecule has 192 valence electrons. The average molecular weight is 557 g/mol. The van der Waals surface area contributed by atoms with Crippen molar-refractivity contribution < 1.29 is 33.6 Å². The molecule has 0 aromatic heterocycles. The molecule has 12 heteroatoms. The van der Waals surface area contributed by atoms with Crippen molar-refractivity contribution in [3.63, 3.8) is 0 Å². The minimum atomic E-state index is -2.62. The lowest BCUT2D eigenvalue weighted by Crippen LogP contribution is -2.67. The van der Waals surface area contributed by atoms with Crippen molar-refractivity contribution in [1.82, 2.24) is 5.32 Å². The Hall–Kier alpha value is -0.623. The molecule has 1 aromatic rings. The first-order valence-corrected chi connectivity index (χ1v) is 15.1. The molecule has 3 N–H and O–H groups in total. The van der Waals surface area contributed by atoms with Gasteiger partial charge in [-0.05, 0) is 24.6 Å². The summed E-state index contributed by atoms with van der Waals surface area (Å²) in [6.07, 6.45) is -4.29. The van der Waals surface area contributed by atoms with Crippen LogP contribution in [0.2, 0.25) is 18.1 Å². The zero-order valence-electron chi connectivity index (χ0n) is 19.5. The third kappa shape index (κ3) is 6.99. The van der Waals surface area contributed by atoms with Crippen LogP contribution in [0.3, 0.4) is 0 Å². The maximum Gasteiger partial charge on any atom is 0.407 e. The van der Waals surface area contributed by atoms with Crippen LogP contribution in [0.25, 0.3) is 0 Å². The number of alkyl halides is 3. The lowest BCUT2D eigenvalue weighted by atomic mass is 9.87. The van der Waals surface area contributed by atoms with Crippen LogP contribution in [0, 0.1) is 0 Å². The van der Waals surface area contributed by atoms with Gasteiger partial charge in [0.15, 0.2) is 14.6 Å². The highest BCUT2D eigenvalue weighted by atomic mass is 35.6. The molecular weight excluding hydrogens is 525 g/mol. The van der Waals surface area contributed by atoms with Gasteiger partial charge in [-0.2, -0.15) is 0 Å². The van der Waals surface area contributed by atoms with E-state index in [-0.39, 0.29) is 6.61 Å². The molecule has 0 bridgehead atoms. The van der Waals surface area contributed by atoms with Gasteiger partial charge < -0.3 is 34.2 Å². The van der Waals surface area contributed by atoms with E-state index in [1.54, 1.807) is 0 Å². The van der Waals surface area contributed by atoms with Crippen LogP contribution in [0.15, 0.2) is 30.3 Å². The number of hydrogen-bond acceptors (Lipinski definition) is 7. The minimum absolute atomic E-state index is 0.197. The fourth-order valence-electron chi connectivity index (χ4n) is 3.91. The van der Waals surface area contributed by atoms with Gasteiger partial charge in [0.1, 0.15) is 24.9 Å². The molecule has 0 radical (unpaired) electrons. The van der Waals surface area contributed by atoms with Crippen molar-refractivity contribution in [1.29, 1.82) is 0 Å². The first-order valence-electron chi connectivity index (χ1n) is 11.1. The minimum Gasteiger partial charge on any atom is -0.445 e. The first-order chi connectivity index (χ1) is 15.7. The van der Waals surface area contributed by atoms with Gasteiger partial charge in [-0.25, -0.2) is 4.79 Å². The van der Waals surface area contributed by atoms with E-state index in [2.05, 4.69) is 5.32 Å². The lowest BCUT2D eigenvalue weighted by Gasteiger charge is -2.50. The maximum absolute atomic E-state index is 12.5. The van der Waals surface area contributed by atoms with Gasteiger partial charge in [0, 0.05) is 5.56 Å². The molecule has 2 fully saturated rings. The van der Waals surface area contributed by atoms with E-state index < -0.39 is 66.6 Å². The second kappa shape index (κ2) is 10.8. The summed E-state index contributed by atoms with van der Waals surface area (Å²) in [5.74, 6) is 0. The van der Waals surface area contributed by atoms with Gasteiger partial charge >= 0.3 is 6.09 Å². The summed E-state index contributed by atoms with van der Waals surface area (Å²) in [6.45, 7) is 7.29. The number of amides is 1. The summed E-state index contributed by atoms with van der Waals surface area (Å²) >= 11 is 17.0. The molecule has 1 amide bonds. The van der Waals surface area contributed by atoms with Crippen molar-refractivity contribution >= 4 is 49.2 Å². The number of aliphatic hydroxyl groups is 1. The molecular formula is C22H32Cl3NO7Si. The van der Waals surface area contributed by atoms with Crippen LogP contribution >= 0.6 is 34.8 Å². The standard InChI is InChI=1S/C22H32Cl3NO7Si/c1-21(2,34(3,4)29)10-14-16(26-20(28)31-12-22(23,24)25)17(27)18-15(32-14)11-30-19(33-18)13-8-6-5-7-9-13/h5-9,14-19,27,29H,10-12H2,1-4H3,(H,26,28). The molecule has 3 rings (SSSR count). The van der Waals surface area contributed by atoms with Gasteiger partial charge in [-0.15, -0.1) is 0 Å². The highest BCUT2D eigenvalue weighted by molar-refractivity contribution is 6.72. The zero-order chi connectivity index (χ0) is 25.3. The van der Waals surface area contributed by atoms with E-state index in [0.717, 1.165) is 5.56 Å². The number of ether oxygens (including phenoxy) is 4. The van der Waals surface area contributed by atoms with Crippen LogP contribution in [0.5, 0.6) is 0 Å². The molecule has 2 saturated heterocycles. The summed E-state index contributed by atoms with van der Waals surface area (Å²) in [6, 6.07) is 8.45. The van der Waals surface area contributed by atoms with E-state index in [4.69, 9.17) is 53.8 Å². The topological polar surface area (TPSA) is 106 Å². The van der Waals surface area contributed by atoms with Gasteiger partial charge in [0.05, 0.1) is 18.8 Å². The number of halogens is 3. The number of carbonyl (C=O) groups excluding carboxylic acids is 1. The highest BCUT2D eigenvalue weighted by Crippen LogP contribution is 2.44. The second-order valence-corrected chi connectivity index (χ2v) is 16.9. The summed E-state index contributed by atoms with van der Waals surface area (Å²) < 4.78 is 21.5. The molecule has 0 aliphatic carbocycles. The molecule has 2 aliphatic heterocycles. The second-order valence-electron chi connectivity index (χ2n) is 9.89. The molecule has 6 unspecified atom stereocenters. The summed E-state index contributed by atoms with van der Waals surface area (Å²) in [4.78, 5) is 23.3. The molecule has 0 spiro atoms. The summed E-state index contributed by atoms with van der Waals surface area (Å²) in [7, 11) is -2.62. The van der Waals surface area contributed by atoms with E-state index in [1.807, 2.05) is 57.3 Å². The Bertz CT molecular complexity index is 834. The van der Waals surface area contributed by atoms with E-state index in [9.17, 15) is 14.7 Å². The number of aliphatic hydroxyl groups excluding tert-OH is 1. The molecule has 34 heavy (non-hydrogen) atoms. The third-order valence-electron chi connectivity index (χ3n) is 6.60. The smallest absolute Gasteiger partial charge is 0.407 e. The van der Waals surface area contributed by atoms with E-state index in [0.29, 0.717) is 6.42 Å². The van der Waals surface area contributed by atoms with Gasteiger partial charge in [0.25, 0.3) is 0 Å². The lowest BCUT2D eigenvalue weighted by molar-refractivity contribution is -0.315. The molecule has 8 nitrogen and oxygen atoms in total. The first kappa shape index (κ1) is 28.0. The Kier molecular flexibility index (Phi) is 8.86. The van der Waals surface area contributed by atoms with E-state index in [1.165, 1.54) is 0 Å². The third-order valence-corrected chi connectivity index (χ3v) is 10.4. The maximum atomic E-state index is 12.5. The number of hydrogen-bond donors (Lipinski definition) is 3. The number of fused-ring (bicyclic) bond motifs is 1. The van der Waals surface area contributed by atoms with Crippen LogP contribution in [0.1, 0.15) is 32.1 Å². The van der Waals surface area contributed by atoms with Crippen LogP contribution in [-0.4, -0.2) is 71.8 Å². The Balaban J connectivity index is 1.80. The highest BCUT2D eigenvalue weighted by Gasteiger charge is 2.52. The number of alkyl carbamates (subject to hydrolysis) is 1. The van der Waals surface area contributed by atoms with Gasteiger partial charge in [-0.3, -0.25) is 0 Å². The number of rotatable bonds is 6. The van der Waals surface area contributed by atoms with Crippen molar-refractivity contribution in [2.75, 3.05) is 13.2 Å². The van der Waals surface area contributed by atoms with Crippen LogP contribution < -0.4 is 5.32 Å². The van der Waals surface area contributed by atoms with Crippen molar-refractivity contribution in [2.45, 2.75) is 78.9 Å². The van der Waals surface area contributed by atoms with Crippen LogP contribution in [0.4, 0.5) is 4.79 Å². The predicted molar refractivity (Wildman–Crippen MR) is 132 cm³/mol. The SMILES string of the molecule is CC(C)(CC1OC2COC(c3ccccc3)OC2C(O)C1NC(=O)OCC(Cl)(Cl)Cl)[Si](C)(C)O. The summed E-state index contributed by atoms with van der Waals surface area (Å²) in [5, 5.41) is 13.5. The van der Waals surface area contributed by atoms with E-state index >= 15 is 0 Å². The van der Waals surface area contributed by atoms with Crippen molar-refractivity contribution in [3.05, 3.63) is 35.9 Å². The van der Waals surface area contributed by atoms with Gasteiger partial charge in [-0.1, -0.05) is 79.0 Å². The van der Waals surface area contributed by atoms with Crippen molar-refractivity contribution in [3.8, 4) is 0 Å². The quantitative estimate of drug-likeness (QED) is 0.358. The number of carbonyl (C=O) groups is 1.